The molecule has 4 rings (SSSR count). The highest BCUT2D eigenvalue weighted by Crippen LogP contribution is 2.37. The minimum atomic E-state index is -3.60. The van der Waals surface area contributed by atoms with E-state index in [-0.39, 0.29) is 6.61 Å². The summed E-state index contributed by atoms with van der Waals surface area (Å²) in [6.45, 7) is 5.92. The van der Waals surface area contributed by atoms with Crippen molar-refractivity contribution in [1.29, 1.82) is 0 Å². The first-order valence-electron chi connectivity index (χ1n) is 12.2. The molecule has 6 heteroatoms. The summed E-state index contributed by atoms with van der Waals surface area (Å²) in [4.78, 5) is 0. The molecule has 0 amide bonds. The van der Waals surface area contributed by atoms with Crippen LogP contribution in [0.1, 0.15) is 44.4 Å². The third kappa shape index (κ3) is 5.84. The zero-order valence-corrected chi connectivity index (χ0v) is 21.7. The van der Waals surface area contributed by atoms with Crippen molar-refractivity contribution in [1.82, 2.24) is 4.31 Å². The van der Waals surface area contributed by atoms with Gasteiger partial charge in [-0.1, -0.05) is 91.9 Å². The number of ether oxygens (including phenoxy) is 2. The fourth-order valence-corrected chi connectivity index (χ4v) is 6.48. The first-order chi connectivity index (χ1) is 16.7. The van der Waals surface area contributed by atoms with Crippen LogP contribution in [0.4, 0.5) is 0 Å². The van der Waals surface area contributed by atoms with E-state index in [0.29, 0.717) is 12.8 Å². The molecule has 1 aliphatic heterocycles. The van der Waals surface area contributed by atoms with Gasteiger partial charge in [0.15, 0.2) is 5.79 Å². The number of hydrogen-bond acceptors (Lipinski definition) is 4. The van der Waals surface area contributed by atoms with Crippen molar-refractivity contribution in [2.45, 2.75) is 56.8 Å². The summed E-state index contributed by atoms with van der Waals surface area (Å²) in [6.07, 6.45) is 0.552. The predicted molar refractivity (Wildman–Crippen MR) is 140 cm³/mol. The average molecular weight is 494 g/mol. The molecule has 0 spiro atoms. The van der Waals surface area contributed by atoms with E-state index in [1.54, 1.807) is 7.05 Å². The highest BCUT2D eigenvalue weighted by atomic mass is 32.2. The lowest BCUT2D eigenvalue weighted by atomic mass is 9.97. The quantitative estimate of drug-likeness (QED) is 0.396. The summed E-state index contributed by atoms with van der Waals surface area (Å²) in [5.74, 6) is -0.807. The first kappa shape index (κ1) is 25.6. The minimum Gasteiger partial charge on any atom is -0.349 e. The molecule has 0 aliphatic carbocycles. The van der Waals surface area contributed by atoms with Crippen LogP contribution in [0.3, 0.4) is 0 Å². The minimum absolute atomic E-state index is 0.260. The van der Waals surface area contributed by atoms with Crippen LogP contribution in [-0.4, -0.2) is 43.5 Å². The second-order valence-electron chi connectivity index (χ2n) is 9.59. The van der Waals surface area contributed by atoms with Gasteiger partial charge < -0.3 is 9.47 Å². The van der Waals surface area contributed by atoms with E-state index in [0.717, 1.165) is 22.3 Å². The number of likely N-dealkylation sites (N-methyl/N-ethyl adjacent to an activating group) is 1. The van der Waals surface area contributed by atoms with Crippen LogP contribution < -0.4 is 0 Å². The summed E-state index contributed by atoms with van der Waals surface area (Å²) in [5, 5.41) is -0.522. The number of nitrogens with zero attached hydrogens (tertiary/aromatic N) is 1. The van der Waals surface area contributed by atoms with Gasteiger partial charge in [0, 0.05) is 7.05 Å². The molecule has 5 nitrogen and oxygen atoms in total. The van der Waals surface area contributed by atoms with Crippen molar-refractivity contribution in [2.75, 3.05) is 13.7 Å². The van der Waals surface area contributed by atoms with Gasteiger partial charge in [-0.15, -0.1) is 0 Å². The summed E-state index contributed by atoms with van der Waals surface area (Å²) in [6, 6.07) is 27.7. The summed E-state index contributed by atoms with van der Waals surface area (Å²) < 4.78 is 41.3. The van der Waals surface area contributed by atoms with Gasteiger partial charge in [0.05, 0.1) is 17.9 Å². The van der Waals surface area contributed by atoms with Crippen molar-refractivity contribution in [3.8, 4) is 11.1 Å². The van der Waals surface area contributed by atoms with Gasteiger partial charge in [0.2, 0.25) is 10.0 Å². The molecule has 0 N–H and O–H groups in total. The Bertz CT molecular complexity index is 1190. The van der Waals surface area contributed by atoms with Gasteiger partial charge in [-0.2, -0.15) is 4.31 Å². The van der Waals surface area contributed by atoms with Crippen molar-refractivity contribution in [3.63, 3.8) is 0 Å². The van der Waals surface area contributed by atoms with Gasteiger partial charge >= 0.3 is 0 Å². The maximum absolute atomic E-state index is 13.8. The van der Waals surface area contributed by atoms with E-state index in [9.17, 15) is 8.42 Å². The van der Waals surface area contributed by atoms with Gasteiger partial charge in [-0.3, -0.25) is 0 Å². The summed E-state index contributed by atoms with van der Waals surface area (Å²) in [7, 11) is -1.95. The highest BCUT2D eigenvalue weighted by molar-refractivity contribution is 7.89. The fourth-order valence-electron chi connectivity index (χ4n) is 4.63. The average Bonchev–Trinajstić information content (AvgIpc) is 2.87. The van der Waals surface area contributed by atoms with Crippen LogP contribution in [0.5, 0.6) is 0 Å². The van der Waals surface area contributed by atoms with E-state index in [4.69, 9.17) is 9.47 Å². The second kappa shape index (κ2) is 10.6. The van der Waals surface area contributed by atoms with Crippen molar-refractivity contribution < 1.29 is 17.9 Å². The Morgan fingerprint density at radius 2 is 1.49 bits per heavy atom. The first-order valence-corrected chi connectivity index (χ1v) is 13.7. The molecule has 35 heavy (non-hydrogen) atoms. The molecule has 3 aromatic carbocycles. The topological polar surface area (TPSA) is 55.8 Å². The number of sulfonamides is 1. The second-order valence-corrected chi connectivity index (χ2v) is 11.9. The Labute approximate surface area is 209 Å². The van der Waals surface area contributed by atoms with E-state index in [1.165, 1.54) is 4.31 Å². The smallest absolute Gasteiger partial charge is 0.217 e. The fraction of sp³-hybridized carbons (Fsp3) is 0.379. The standard InChI is InChI=1S/C29H35NO4S/c1-5-26(20-22-12-8-6-9-13-22)35(31,32)30(4)27-21-33-29(2,3)34-28(27)25-18-16-24(17-19-25)23-14-10-7-11-15-23/h6-19,26-28H,5,20-21H2,1-4H3/t26-,27+,28+/m0/s1. The Morgan fingerprint density at radius 1 is 0.914 bits per heavy atom. The largest absolute Gasteiger partial charge is 0.349 e. The van der Waals surface area contributed by atoms with Gasteiger partial charge in [0.25, 0.3) is 0 Å². The molecule has 1 aliphatic rings. The van der Waals surface area contributed by atoms with Gasteiger partial charge in [0.1, 0.15) is 6.10 Å². The van der Waals surface area contributed by atoms with Crippen LogP contribution >= 0.6 is 0 Å². The van der Waals surface area contributed by atoms with E-state index >= 15 is 0 Å². The zero-order valence-electron chi connectivity index (χ0n) is 20.9. The Balaban J connectivity index is 1.61. The zero-order chi connectivity index (χ0) is 25.1. The molecular formula is C29H35NO4S. The molecular weight excluding hydrogens is 458 g/mol. The monoisotopic (exact) mass is 493 g/mol. The van der Waals surface area contributed by atoms with E-state index in [2.05, 4.69) is 24.3 Å². The van der Waals surface area contributed by atoms with Crippen LogP contribution in [-0.2, 0) is 25.9 Å². The molecule has 3 aromatic rings. The summed E-state index contributed by atoms with van der Waals surface area (Å²) >= 11 is 0. The summed E-state index contributed by atoms with van der Waals surface area (Å²) in [5.41, 5.74) is 4.19. The molecule has 0 unspecified atom stereocenters. The Hall–Kier alpha value is -2.51. The van der Waals surface area contributed by atoms with Gasteiger partial charge in [-0.05, 0) is 48.9 Å². The van der Waals surface area contributed by atoms with Gasteiger partial charge in [-0.25, -0.2) is 8.42 Å². The lowest BCUT2D eigenvalue weighted by Gasteiger charge is -2.44. The predicted octanol–water partition coefficient (Wildman–Crippen LogP) is 5.83. The van der Waals surface area contributed by atoms with Crippen molar-refractivity contribution >= 4 is 10.0 Å². The molecule has 0 bridgehead atoms. The molecule has 1 fully saturated rings. The molecule has 0 saturated carbocycles. The normalized spacial score (nSPS) is 21.1. The Morgan fingerprint density at radius 3 is 2.09 bits per heavy atom. The SMILES string of the molecule is CC[C@@H](Cc1ccccc1)S(=O)(=O)N(C)[C@@H]1COC(C)(C)O[C@@H]1c1ccc(-c2ccccc2)cc1. The third-order valence-corrected chi connectivity index (χ3v) is 9.18. The van der Waals surface area contributed by atoms with Crippen molar-refractivity contribution in [3.05, 3.63) is 96.1 Å². The highest BCUT2D eigenvalue weighted by Gasteiger charge is 2.44. The molecule has 186 valence electrons. The van der Waals surface area contributed by atoms with Crippen LogP contribution in [0.25, 0.3) is 11.1 Å². The van der Waals surface area contributed by atoms with Crippen LogP contribution in [0.15, 0.2) is 84.9 Å². The maximum Gasteiger partial charge on any atom is 0.217 e. The molecule has 0 radical (unpaired) electrons. The molecule has 1 heterocycles. The molecule has 3 atom stereocenters. The molecule has 0 aromatic heterocycles. The molecule has 1 saturated heterocycles. The van der Waals surface area contributed by atoms with E-state index in [1.807, 2.05) is 81.4 Å². The number of benzene rings is 3. The Kier molecular flexibility index (Phi) is 7.77. The lowest BCUT2D eigenvalue weighted by molar-refractivity contribution is -0.291. The van der Waals surface area contributed by atoms with E-state index < -0.39 is 33.2 Å². The van der Waals surface area contributed by atoms with Crippen LogP contribution in [0, 0.1) is 0 Å². The number of rotatable bonds is 8. The number of hydrogen-bond donors (Lipinski definition) is 0. The lowest BCUT2D eigenvalue weighted by Crippen LogP contribution is -2.54. The van der Waals surface area contributed by atoms with Crippen LogP contribution in [0.2, 0.25) is 0 Å². The van der Waals surface area contributed by atoms with Crippen molar-refractivity contribution in [2.24, 2.45) is 0 Å². The maximum atomic E-state index is 13.8. The third-order valence-electron chi connectivity index (χ3n) is 6.76.